The minimum atomic E-state index is -0.955. The highest BCUT2D eigenvalue weighted by molar-refractivity contribution is 9.10. The standard InChI is InChI=1S/C23H20BrNO4/c1-15-12-19(24)10-11-20(15)25-13-18-4-3-5-21(28-2)22(18)29-14-16-6-8-17(9-7-16)23(26)27/h3-13H,14H2,1-2H3,(H,26,27). The van der Waals surface area contributed by atoms with Gasteiger partial charge in [-0.2, -0.15) is 0 Å². The second kappa shape index (κ2) is 9.39. The lowest BCUT2D eigenvalue weighted by atomic mass is 10.1. The van der Waals surface area contributed by atoms with Gasteiger partial charge in [0.15, 0.2) is 11.5 Å². The van der Waals surface area contributed by atoms with Crippen LogP contribution in [-0.2, 0) is 6.61 Å². The zero-order valence-corrected chi connectivity index (χ0v) is 17.6. The van der Waals surface area contributed by atoms with E-state index in [4.69, 9.17) is 14.6 Å². The van der Waals surface area contributed by atoms with E-state index in [0.717, 1.165) is 26.9 Å². The molecule has 5 nitrogen and oxygen atoms in total. The Balaban J connectivity index is 1.84. The van der Waals surface area contributed by atoms with E-state index in [-0.39, 0.29) is 12.2 Å². The number of nitrogens with zero attached hydrogens (tertiary/aromatic N) is 1. The van der Waals surface area contributed by atoms with Crippen molar-refractivity contribution in [1.82, 2.24) is 0 Å². The lowest BCUT2D eigenvalue weighted by molar-refractivity contribution is 0.0697. The van der Waals surface area contributed by atoms with Crippen molar-refractivity contribution in [3.8, 4) is 11.5 Å². The van der Waals surface area contributed by atoms with Crippen LogP contribution in [0.1, 0.15) is 27.0 Å². The Morgan fingerprint density at radius 2 is 1.90 bits per heavy atom. The van der Waals surface area contributed by atoms with Gasteiger partial charge in [-0.3, -0.25) is 4.99 Å². The Hall–Kier alpha value is -3.12. The van der Waals surface area contributed by atoms with Crippen LogP contribution in [0.2, 0.25) is 0 Å². The van der Waals surface area contributed by atoms with Gasteiger partial charge in [0.25, 0.3) is 0 Å². The van der Waals surface area contributed by atoms with Crippen molar-refractivity contribution in [2.75, 3.05) is 7.11 Å². The highest BCUT2D eigenvalue weighted by Gasteiger charge is 2.10. The molecule has 0 aliphatic rings. The zero-order valence-electron chi connectivity index (χ0n) is 16.1. The Labute approximate surface area is 177 Å². The molecule has 0 unspecified atom stereocenters. The number of aromatic carboxylic acids is 1. The summed E-state index contributed by atoms with van der Waals surface area (Å²) in [5.41, 5.74) is 3.80. The minimum absolute atomic E-state index is 0.240. The van der Waals surface area contributed by atoms with Crippen molar-refractivity contribution in [3.63, 3.8) is 0 Å². The first-order chi connectivity index (χ1) is 14.0. The lowest BCUT2D eigenvalue weighted by Crippen LogP contribution is -2.02. The second-order valence-electron chi connectivity index (χ2n) is 6.36. The third kappa shape index (κ3) is 5.23. The van der Waals surface area contributed by atoms with E-state index in [1.54, 1.807) is 37.6 Å². The van der Waals surface area contributed by atoms with Gasteiger partial charge in [-0.05, 0) is 60.5 Å². The first-order valence-electron chi connectivity index (χ1n) is 8.90. The molecular formula is C23H20BrNO4. The van der Waals surface area contributed by atoms with Gasteiger partial charge in [0.1, 0.15) is 6.61 Å². The molecule has 3 rings (SSSR count). The number of carboxylic acid groups (broad SMARTS) is 1. The van der Waals surface area contributed by atoms with E-state index >= 15 is 0 Å². The quantitative estimate of drug-likeness (QED) is 0.459. The van der Waals surface area contributed by atoms with Gasteiger partial charge in [-0.15, -0.1) is 0 Å². The van der Waals surface area contributed by atoms with Gasteiger partial charge in [-0.1, -0.05) is 34.1 Å². The summed E-state index contributed by atoms with van der Waals surface area (Å²) in [4.78, 5) is 15.6. The number of halogens is 1. The van der Waals surface area contributed by atoms with Crippen molar-refractivity contribution >= 4 is 33.8 Å². The highest BCUT2D eigenvalue weighted by atomic mass is 79.9. The molecule has 0 heterocycles. The molecule has 29 heavy (non-hydrogen) atoms. The normalized spacial score (nSPS) is 10.9. The van der Waals surface area contributed by atoms with Gasteiger partial charge < -0.3 is 14.6 Å². The maximum Gasteiger partial charge on any atom is 0.335 e. The van der Waals surface area contributed by atoms with E-state index in [1.165, 1.54) is 0 Å². The Morgan fingerprint density at radius 3 is 2.55 bits per heavy atom. The summed E-state index contributed by atoms with van der Waals surface area (Å²) < 4.78 is 12.5. The van der Waals surface area contributed by atoms with E-state index in [9.17, 15) is 4.79 Å². The van der Waals surface area contributed by atoms with Gasteiger partial charge in [0, 0.05) is 16.3 Å². The molecular weight excluding hydrogens is 434 g/mol. The molecule has 0 fully saturated rings. The number of carboxylic acids is 1. The number of aryl methyl sites for hydroxylation is 1. The number of methoxy groups -OCH3 is 1. The summed E-state index contributed by atoms with van der Waals surface area (Å²) in [6, 6.07) is 18.1. The molecule has 0 atom stereocenters. The van der Waals surface area contributed by atoms with Gasteiger partial charge in [-0.25, -0.2) is 4.79 Å². The van der Waals surface area contributed by atoms with E-state index in [1.807, 2.05) is 43.3 Å². The first kappa shape index (κ1) is 20.6. The first-order valence-corrected chi connectivity index (χ1v) is 9.69. The van der Waals surface area contributed by atoms with Gasteiger partial charge >= 0.3 is 5.97 Å². The maximum atomic E-state index is 11.0. The molecule has 3 aromatic rings. The third-order valence-corrected chi connectivity index (χ3v) is 4.81. The summed E-state index contributed by atoms with van der Waals surface area (Å²) in [5, 5.41) is 9.01. The third-order valence-electron chi connectivity index (χ3n) is 4.31. The number of para-hydroxylation sites is 1. The molecule has 148 valence electrons. The monoisotopic (exact) mass is 453 g/mol. The van der Waals surface area contributed by atoms with Crippen LogP contribution in [0.5, 0.6) is 11.5 Å². The molecule has 0 radical (unpaired) electrons. The number of carbonyl (C=O) groups is 1. The zero-order chi connectivity index (χ0) is 20.8. The lowest BCUT2D eigenvalue weighted by Gasteiger charge is -2.13. The number of rotatable bonds is 7. The largest absolute Gasteiger partial charge is 0.493 e. The molecule has 0 saturated carbocycles. The van der Waals surface area contributed by atoms with Crippen LogP contribution < -0.4 is 9.47 Å². The summed E-state index contributed by atoms with van der Waals surface area (Å²) in [7, 11) is 1.59. The summed E-state index contributed by atoms with van der Waals surface area (Å²) in [5.74, 6) is 0.225. The van der Waals surface area contributed by atoms with Crippen molar-refractivity contribution in [2.24, 2.45) is 4.99 Å². The van der Waals surface area contributed by atoms with Crippen LogP contribution in [0.4, 0.5) is 5.69 Å². The summed E-state index contributed by atoms with van der Waals surface area (Å²) in [6.45, 7) is 2.28. The van der Waals surface area contributed by atoms with Gasteiger partial charge in [0.05, 0.1) is 18.4 Å². The van der Waals surface area contributed by atoms with Crippen molar-refractivity contribution < 1.29 is 19.4 Å². The Kier molecular flexibility index (Phi) is 6.67. The van der Waals surface area contributed by atoms with E-state index in [0.29, 0.717) is 11.5 Å². The van der Waals surface area contributed by atoms with Crippen molar-refractivity contribution in [1.29, 1.82) is 0 Å². The highest BCUT2D eigenvalue weighted by Crippen LogP contribution is 2.31. The van der Waals surface area contributed by atoms with Gasteiger partial charge in [0.2, 0.25) is 0 Å². The topological polar surface area (TPSA) is 68.1 Å². The van der Waals surface area contributed by atoms with Crippen LogP contribution in [-0.4, -0.2) is 24.4 Å². The van der Waals surface area contributed by atoms with Crippen LogP contribution in [0.15, 0.2) is 70.1 Å². The molecule has 1 N–H and O–H groups in total. The number of hydrogen-bond acceptors (Lipinski definition) is 4. The molecule has 0 aliphatic carbocycles. The molecule has 6 heteroatoms. The van der Waals surface area contributed by atoms with Crippen molar-refractivity contribution in [2.45, 2.75) is 13.5 Å². The minimum Gasteiger partial charge on any atom is -0.493 e. The fraction of sp³-hybridized carbons (Fsp3) is 0.130. The number of hydrogen-bond donors (Lipinski definition) is 1. The molecule has 0 saturated heterocycles. The van der Waals surface area contributed by atoms with Crippen molar-refractivity contribution in [3.05, 3.63) is 87.4 Å². The number of ether oxygens (including phenoxy) is 2. The molecule has 0 spiro atoms. The van der Waals surface area contributed by atoms with E-state index in [2.05, 4.69) is 20.9 Å². The molecule has 0 aromatic heterocycles. The van der Waals surface area contributed by atoms with Crippen LogP contribution in [0.3, 0.4) is 0 Å². The van der Waals surface area contributed by atoms with Crippen LogP contribution >= 0.6 is 15.9 Å². The average molecular weight is 454 g/mol. The number of aliphatic imine (C=N–C) groups is 1. The Bertz CT molecular complexity index is 1050. The maximum absolute atomic E-state index is 11.0. The second-order valence-corrected chi connectivity index (χ2v) is 7.27. The number of benzene rings is 3. The summed E-state index contributed by atoms with van der Waals surface area (Å²) in [6.07, 6.45) is 1.75. The SMILES string of the molecule is COc1cccc(C=Nc2ccc(Br)cc2C)c1OCc1ccc(C(=O)O)cc1. The molecule has 0 amide bonds. The predicted octanol–water partition coefficient (Wildman–Crippen LogP) is 5.79. The fourth-order valence-electron chi connectivity index (χ4n) is 2.75. The Morgan fingerprint density at radius 1 is 1.14 bits per heavy atom. The molecule has 0 aliphatic heterocycles. The summed E-state index contributed by atoms with van der Waals surface area (Å²) >= 11 is 3.46. The van der Waals surface area contributed by atoms with Crippen LogP contribution in [0, 0.1) is 6.92 Å². The molecule has 3 aromatic carbocycles. The molecule has 0 bridgehead atoms. The predicted molar refractivity (Wildman–Crippen MR) is 117 cm³/mol. The fourth-order valence-corrected chi connectivity index (χ4v) is 3.23. The average Bonchev–Trinajstić information content (AvgIpc) is 2.72. The van der Waals surface area contributed by atoms with E-state index < -0.39 is 5.97 Å². The smallest absolute Gasteiger partial charge is 0.335 e. The van der Waals surface area contributed by atoms with Crippen LogP contribution in [0.25, 0.3) is 0 Å².